The molecule has 6 heteroatoms. The molecule has 114 valence electrons. The first-order valence-electron chi connectivity index (χ1n) is 6.77. The predicted octanol–water partition coefficient (Wildman–Crippen LogP) is 1.29. The van der Waals surface area contributed by atoms with Gasteiger partial charge in [0.1, 0.15) is 11.9 Å². The van der Waals surface area contributed by atoms with Gasteiger partial charge in [0, 0.05) is 13.6 Å². The van der Waals surface area contributed by atoms with Gasteiger partial charge in [0.2, 0.25) is 0 Å². The number of methoxy groups -OCH3 is 1. The van der Waals surface area contributed by atoms with E-state index in [1.807, 2.05) is 24.3 Å². The monoisotopic (exact) mass is 293 g/mol. The molecule has 1 heterocycles. The highest BCUT2D eigenvalue weighted by molar-refractivity contribution is 5.82. The third-order valence-corrected chi connectivity index (χ3v) is 3.53. The van der Waals surface area contributed by atoms with E-state index >= 15 is 0 Å². The van der Waals surface area contributed by atoms with Crippen LogP contribution in [-0.4, -0.2) is 48.2 Å². The lowest BCUT2D eigenvalue weighted by molar-refractivity contribution is -0.154. The van der Waals surface area contributed by atoms with Crippen LogP contribution in [0.25, 0.3) is 0 Å². The largest absolute Gasteiger partial charge is 0.497 e. The summed E-state index contributed by atoms with van der Waals surface area (Å²) in [4.78, 5) is 24.6. The van der Waals surface area contributed by atoms with Gasteiger partial charge >= 0.3 is 5.97 Å². The third-order valence-electron chi connectivity index (χ3n) is 3.53. The quantitative estimate of drug-likeness (QED) is 0.885. The molecule has 21 heavy (non-hydrogen) atoms. The first-order valence-corrected chi connectivity index (χ1v) is 6.77. The highest BCUT2D eigenvalue weighted by atomic mass is 16.5. The molecule has 1 N–H and O–H groups in total. The topological polar surface area (TPSA) is 76.1 Å². The van der Waals surface area contributed by atoms with Gasteiger partial charge in [0.25, 0.3) is 5.91 Å². The average Bonchev–Trinajstić information content (AvgIpc) is 2.97. The summed E-state index contributed by atoms with van der Waals surface area (Å²) < 4.78 is 10.4. The molecule has 0 radical (unpaired) electrons. The van der Waals surface area contributed by atoms with Crippen LogP contribution in [0.15, 0.2) is 24.3 Å². The molecule has 0 bridgehead atoms. The molecule has 0 aliphatic carbocycles. The molecule has 1 aromatic rings. The van der Waals surface area contributed by atoms with Crippen molar-refractivity contribution in [2.24, 2.45) is 0 Å². The van der Waals surface area contributed by atoms with E-state index < -0.39 is 18.2 Å². The van der Waals surface area contributed by atoms with Crippen molar-refractivity contribution in [2.75, 3.05) is 14.2 Å². The van der Waals surface area contributed by atoms with Crippen molar-refractivity contribution in [1.82, 2.24) is 4.90 Å². The molecule has 1 aromatic carbocycles. The van der Waals surface area contributed by atoms with Gasteiger partial charge in [-0.05, 0) is 30.5 Å². The minimum absolute atomic E-state index is 0.186. The molecule has 1 fully saturated rings. The van der Waals surface area contributed by atoms with Gasteiger partial charge in [0.15, 0.2) is 6.10 Å². The number of hydrogen-bond donors (Lipinski definition) is 1. The number of hydrogen-bond acceptors (Lipinski definition) is 4. The Labute approximate surface area is 123 Å². The van der Waals surface area contributed by atoms with Crippen molar-refractivity contribution in [3.8, 4) is 5.75 Å². The Hall–Kier alpha value is -2.08. The van der Waals surface area contributed by atoms with Crippen LogP contribution >= 0.6 is 0 Å². The Morgan fingerprint density at radius 3 is 2.43 bits per heavy atom. The second kappa shape index (κ2) is 6.58. The van der Waals surface area contributed by atoms with E-state index in [9.17, 15) is 9.59 Å². The van der Waals surface area contributed by atoms with Crippen LogP contribution in [0.3, 0.4) is 0 Å². The van der Waals surface area contributed by atoms with Crippen LogP contribution in [0.1, 0.15) is 18.4 Å². The van der Waals surface area contributed by atoms with E-state index in [0.29, 0.717) is 19.4 Å². The van der Waals surface area contributed by atoms with E-state index in [1.165, 1.54) is 0 Å². The highest BCUT2D eigenvalue weighted by Crippen LogP contribution is 2.22. The third kappa shape index (κ3) is 3.72. The first kappa shape index (κ1) is 15.3. The highest BCUT2D eigenvalue weighted by Gasteiger charge is 2.35. The number of carbonyl (C=O) groups is 2. The second-order valence-electron chi connectivity index (χ2n) is 5.07. The minimum Gasteiger partial charge on any atom is -0.497 e. The van der Waals surface area contributed by atoms with Gasteiger partial charge < -0.3 is 19.5 Å². The fourth-order valence-corrected chi connectivity index (χ4v) is 2.33. The van der Waals surface area contributed by atoms with E-state index in [0.717, 1.165) is 11.3 Å². The van der Waals surface area contributed by atoms with Crippen LogP contribution < -0.4 is 4.74 Å². The SMILES string of the molecule is COc1ccc(CN(C)C(=O)C2CCC(C(=O)O)O2)cc1. The summed E-state index contributed by atoms with van der Waals surface area (Å²) in [6, 6.07) is 7.44. The summed E-state index contributed by atoms with van der Waals surface area (Å²) in [5, 5.41) is 8.87. The number of carboxylic acids is 1. The van der Waals surface area contributed by atoms with Crippen molar-refractivity contribution in [1.29, 1.82) is 0 Å². The second-order valence-corrected chi connectivity index (χ2v) is 5.07. The number of benzene rings is 1. The maximum absolute atomic E-state index is 12.2. The van der Waals surface area contributed by atoms with Crippen LogP contribution in [0.2, 0.25) is 0 Å². The summed E-state index contributed by atoms with van der Waals surface area (Å²) >= 11 is 0. The number of nitrogens with zero attached hydrogens (tertiary/aromatic N) is 1. The van der Waals surface area contributed by atoms with E-state index in [4.69, 9.17) is 14.6 Å². The lowest BCUT2D eigenvalue weighted by Crippen LogP contribution is -2.36. The number of aliphatic carboxylic acids is 1. The van der Waals surface area contributed by atoms with E-state index in [-0.39, 0.29) is 5.91 Å². The number of rotatable bonds is 5. The lowest BCUT2D eigenvalue weighted by atomic mass is 10.1. The van der Waals surface area contributed by atoms with Crippen molar-refractivity contribution < 1.29 is 24.2 Å². The molecule has 1 aliphatic heterocycles. The van der Waals surface area contributed by atoms with Gasteiger partial charge in [-0.1, -0.05) is 12.1 Å². The maximum atomic E-state index is 12.2. The summed E-state index contributed by atoms with van der Waals surface area (Å²) in [6.45, 7) is 0.445. The lowest BCUT2D eigenvalue weighted by Gasteiger charge is -2.21. The summed E-state index contributed by atoms with van der Waals surface area (Å²) in [5.74, 6) is -0.436. The fourth-order valence-electron chi connectivity index (χ4n) is 2.33. The van der Waals surface area contributed by atoms with E-state index in [1.54, 1.807) is 19.1 Å². The number of carbonyl (C=O) groups excluding carboxylic acids is 1. The van der Waals surface area contributed by atoms with Crippen molar-refractivity contribution >= 4 is 11.9 Å². The summed E-state index contributed by atoms with van der Waals surface area (Å²) in [7, 11) is 3.28. The molecule has 2 unspecified atom stereocenters. The molecule has 1 aliphatic rings. The number of ether oxygens (including phenoxy) is 2. The number of likely N-dealkylation sites (N-methyl/N-ethyl adjacent to an activating group) is 1. The molecular formula is C15H19NO5. The zero-order valence-electron chi connectivity index (χ0n) is 12.1. The molecule has 6 nitrogen and oxygen atoms in total. The van der Waals surface area contributed by atoms with Crippen LogP contribution in [0, 0.1) is 0 Å². The standard InChI is InChI=1S/C15H19NO5/c1-16(9-10-3-5-11(20-2)6-4-10)14(17)12-7-8-13(21-12)15(18)19/h3-6,12-13H,7-9H2,1-2H3,(H,18,19). The first-order chi connectivity index (χ1) is 10.0. The van der Waals surface area contributed by atoms with Crippen LogP contribution in [-0.2, 0) is 20.9 Å². The van der Waals surface area contributed by atoms with Gasteiger partial charge in [0.05, 0.1) is 7.11 Å². The molecule has 1 amide bonds. The van der Waals surface area contributed by atoms with Crippen molar-refractivity contribution in [3.63, 3.8) is 0 Å². The molecule has 0 saturated carbocycles. The van der Waals surface area contributed by atoms with Gasteiger partial charge in [-0.3, -0.25) is 4.79 Å². The Bertz CT molecular complexity index is 513. The zero-order valence-corrected chi connectivity index (χ0v) is 12.1. The Balaban J connectivity index is 1.92. The number of amides is 1. The van der Waals surface area contributed by atoms with Crippen molar-refractivity contribution in [2.45, 2.75) is 31.6 Å². The normalized spacial score (nSPS) is 21.0. The van der Waals surface area contributed by atoms with Gasteiger partial charge in [-0.25, -0.2) is 4.79 Å². The maximum Gasteiger partial charge on any atom is 0.332 e. The summed E-state index contributed by atoms with van der Waals surface area (Å²) in [6.07, 6.45) is -0.701. The molecule has 1 saturated heterocycles. The van der Waals surface area contributed by atoms with Crippen LogP contribution in [0.5, 0.6) is 5.75 Å². The van der Waals surface area contributed by atoms with Crippen LogP contribution in [0.4, 0.5) is 0 Å². The predicted molar refractivity (Wildman–Crippen MR) is 75.0 cm³/mol. The Morgan fingerprint density at radius 2 is 1.90 bits per heavy atom. The molecular weight excluding hydrogens is 274 g/mol. The fraction of sp³-hybridized carbons (Fsp3) is 0.467. The Kier molecular flexibility index (Phi) is 4.80. The van der Waals surface area contributed by atoms with Gasteiger partial charge in [-0.15, -0.1) is 0 Å². The smallest absolute Gasteiger partial charge is 0.332 e. The number of carboxylic acid groups (broad SMARTS) is 1. The molecule has 0 aromatic heterocycles. The average molecular weight is 293 g/mol. The van der Waals surface area contributed by atoms with E-state index in [2.05, 4.69) is 0 Å². The molecule has 0 spiro atoms. The molecule has 2 atom stereocenters. The Morgan fingerprint density at radius 1 is 1.29 bits per heavy atom. The van der Waals surface area contributed by atoms with Crippen molar-refractivity contribution in [3.05, 3.63) is 29.8 Å². The zero-order chi connectivity index (χ0) is 15.4. The summed E-state index contributed by atoms with van der Waals surface area (Å²) in [5.41, 5.74) is 0.972. The van der Waals surface area contributed by atoms with Gasteiger partial charge in [-0.2, -0.15) is 0 Å². The molecule has 2 rings (SSSR count). The minimum atomic E-state index is -1.01.